The molecular formula is C12H16NO2. The van der Waals surface area contributed by atoms with E-state index in [1.165, 1.54) is 0 Å². The van der Waals surface area contributed by atoms with Crippen molar-refractivity contribution in [1.29, 1.82) is 0 Å². The summed E-state index contributed by atoms with van der Waals surface area (Å²) in [6, 6.07) is 8.68. The Hall–Kier alpha value is -1.51. The van der Waals surface area contributed by atoms with Gasteiger partial charge in [-0.05, 0) is 37.1 Å². The van der Waals surface area contributed by atoms with Crippen LogP contribution in [0, 0.1) is 13.0 Å². The van der Waals surface area contributed by atoms with Crippen molar-refractivity contribution in [3.63, 3.8) is 0 Å². The summed E-state index contributed by atoms with van der Waals surface area (Å²) < 4.78 is 5.48. The molecule has 81 valence electrons. The largest absolute Gasteiger partial charge is 0.494 e. The van der Waals surface area contributed by atoms with E-state index in [2.05, 4.69) is 11.4 Å². The van der Waals surface area contributed by atoms with Gasteiger partial charge in [-0.25, -0.2) is 0 Å². The highest BCUT2D eigenvalue weighted by Crippen LogP contribution is 2.12. The fourth-order valence-electron chi connectivity index (χ4n) is 1.20. The number of amides is 1. The maximum Gasteiger partial charge on any atom is 0.219 e. The third kappa shape index (κ3) is 4.49. The Bertz CT molecular complexity index is 323. The van der Waals surface area contributed by atoms with E-state index in [0.717, 1.165) is 17.7 Å². The number of hydrogen-bond donors (Lipinski definition) is 1. The van der Waals surface area contributed by atoms with Crippen molar-refractivity contribution in [1.82, 2.24) is 5.32 Å². The van der Waals surface area contributed by atoms with E-state index in [4.69, 9.17) is 4.74 Å². The van der Waals surface area contributed by atoms with E-state index in [0.29, 0.717) is 13.0 Å². The van der Waals surface area contributed by atoms with Gasteiger partial charge in [-0.2, -0.15) is 0 Å². The number of hydrogen-bond acceptors (Lipinski definition) is 2. The lowest BCUT2D eigenvalue weighted by molar-refractivity contribution is -0.120. The van der Waals surface area contributed by atoms with Gasteiger partial charge >= 0.3 is 0 Å². The second-order valence-electron chi connectivity index (χ2n) is 3.33. The molecule has 0 atom stereocenters. The summed E-state index contributed by atoms with van der Waals surface area (Å²) in [4.78, 5) is 10.9. The zero-order valence-corrected chi connectivity index (χ0v) is 9.17. The quantitative estimate of drug-likeness (QED) is 0.745. The minimum absolute atomic E-state index is 0.0520. The molecule has 1 radical (unpaired) electrons. The van der Waals surface area contributed by atoms with Crippen molar-refractivity contribution in [2.45, 2.75) is 19.8 Å². The number of carbonyl (C=O) groups is 1. The predicted octanol–water partition coefficient (Wildman–Crippen LogP) is 1.70. The number of ether oxygens (including phenoxy) is 1. The molecule has 0 aliphatic rings. The monoisotopic (exact) mass is 206 g/mol. The average molecular weight is 206 g/mol. The van der Waals surface area contributed by atoms with Crippen LogP contribution >= 0.6 is 0 Å². The van der Waals surface area contributed by atoms with Crippen molar-refractivity contribution in [2.24, 2.45) is 0 Å². The Balaban J connectivity index is 2.23. The van der Waals surface area contributed by atoms with Crippen LogP contribution in [0.4, 0.5) is 0 Å². The van der Waals surface area contributed by atoms with Crippen LogP contribution in [0.2, 0.25) is 0 Å². The van der Waals surface area contributed by atoms with Crippen molar-refractivity contribution < 1.29 is 9.53 Å². The molecule has 0 aliphatic carbocycles. The van der Waals surface area contributed by atoms with Gasteiger partial charge in [-0.15, -0.1) is 0 Å². The van der Waals surface area contributed by atoms with Gasteiger partial charge in [0.05, 0.1) is 6.61 Å². The molecule has 1 rings (SSSR count). The van der Waals surface area contributed by atoms with E-state index in [-0.39, 0.29) is 5.91 Å². The Kier molecular flexibility index (Phi) is 4.68. The van der Waals surface area contributed by atoms with Gasteiger partial charge < -0.3 is 10.1 Å². The summed E-state index contributed by atoms with van der Waals surface area (Å²) in [7, 11) is 1.64. The molecule has 0 saturated heterocycles. The van der Waals surface area contributed by atoms with Gasteiger partial charge in [0.1, 0.15) is 5.75 Å². The van der Waals surface area contributed by atoms with Crippen LogP contribution in [-0.2, 0) is 4.79 Å². The van der Waals surface area contributed by atoms with Crippen molar-refractivity contribution in [3.8, 4) is 5.75 Å². The summed E-state index contributed by atoms with van der Waals surface area (Å²) in [6.07, 6.45) is 1.24. The second-order valence-corrected chi connectivity index (χ2v) is 3.33. The van der Waals surface area contributed by atoms with E-state index < -0.39 is 0 Å². The molecule has 0 bridgehead atoms. The Morgan fingerprint density at radius 3 is 3.07 bits per heavy atom. The lowest BCUT2D eigenvalue weighted by Gasteiger charge is -2.05. The van der Waals surface area contributed by atoms with Gasteiger partial charge in [-0.1, -0.05) is 6.07 Å². The molecule has 3 heteroatoms. The fraction of sp³-hybridized carbons (Fsp3) is 0.417. The van der Waals surface area contributed by atoms with Crippen LogP contribution in [-0.4, -0.2) is 19.6 Å². The predicted molar refractivity (Wildman–Crippen MR) is 58.8 cm³/mol. The highest BCUT2D eigenvalue weighted by atomic mass is 16.5. The maximum absolute atomic E-state index is 10.9. The lowest BCUT2D eigenvalue weighted by atomic mass is 10.2. The van der Waals surface area contributed by atoms with Gasteiger partial charge in [-0.3, -0.25) is 4.79 Å². The van der Waals surface area contributed by atoms with Crippen molar-refractivity contribution in [2.75, 3.05) is 13.7 Å². The van der Waals surface area contributed by atoms with E-state index in [9.17, 15) is 4.79 Å². The smallest absolute Gasteiger partial charge is 0.219 e. The average Bonchev–Trinajstić information content (AvgIpc) is 2.24. The third-order valence-electron chi connectivity index (χ3n) is 2.01. The second kappa shape index (κ2) is 6.06. The fourth-order valence-corrected chi connectivity index (χ4v) is 1.20. The topological polar surface area (TPSA) is 38.3 Å². The Morgan fingerprint density at radius 2 is 2.40 bits per heavy atom. The summed E-state index contributed by atoms with van der Waals surface area (Å²) in [5.41, 5.74) is 1.05. The third-order valence-corrected chi connectivity index (χ3v) is 2.01. The Morgan fingerprint density at radius 1 is 1.60 bits per heavy atom. The maximum atomic E-state index is 10.9. The van der Waals surface area contributed by atoms with Crippen molar-refractivity contribution >= 4 is 5.91 Å². The number of benzene rings is 1. The molecule has 0 spiro atoms. The molecule has 1 amide bonds. The van der Waals surface area contributed by atoms with Gasteiger partial charge in [0.2, 0.25) is 5.91 Å². The van der Waals surface area contributed by atoms with Gasteiger partial charge in [0, 0.05) is 13.5 Å². The van der Waals surface area contributed by atoms with Gasteiger partial charge in [0.15, 0.2) is 0 Å². The van der Waals surface area contributed by atoms with Crippen LogP contribution in [0.5, 0.6) is 5.75 Å². The lowest BCUT2D eigenvalue weighted by Crippen LogP contribution is -2.18. The molecule has 3 nitrogen and oxygen atoms in total. The minimum Gasteiger partial charge on any atom is -0.494 e. The van der Waals surface area contributed by atoms with E-state index in [1.54, 1.807) is 7.05 Å². The van der Waals surface area contributed by atoms with E-state index in [1.807, 2.05) is 25.1 Å². The molecule has 1 aromatic rings. The number of aryl methyl sites for hydroxylation is 1. The Labute approximate surface area is 90.4 Å². The molecule has 0 unspecified atom stereocenters. The summed E-state index contributed by atoms with van der Waals surface area (Å²) in [5.74, 6) is 0.888. The summed E-state index contributed by atoms with van der Waals surface area (Å²) >= 11 is 0. The van der Waals surface area contributed by atoms with Crippen LogP contribution in [0.1, 0.15) is 18.4 Å². The number of carbonyl (C=O) groups excluding carboxylic acids is 1. The van der Waals surface area contributed by atoms with Crippen LogP contribution in [0.25, 0.3) is 0 Å². The van der Waals surface area contributed by atoms with Gasteiger partial charge in [0.25, 0.3) is 0 Å². The molecule has 0 aliphatic heterocycles. The molecule has 1 N–H and O–H groups in total. The first kappa shape index (κ1) is 11.6. The zero-order chi connectivity index (χ0) is 11.1. The van der Waals surface area contributed by atoms with Crippen LogP contribution in [0.15, 0.2) is 18.2 Å². The van der Waals surface area contributed by atoms with Crippen LogP contribution in [0.3, 0.4) is 0 Å². The molecule has 15 heavy (non-hydrogen) atoms. The molecule has 0 aromatic heterocycles. The summed E-state index contributed by atoms with van der Waals surface area (Å²) in [5, 5.41) is 2.57. The highest BCUT2D eigenvalue weighted by molar-refractivity contribution is 5.75. The van der Waals surface area contributed by atoms with Crippen molar-refractivity contribution in [3.05, 3.63) is 29.8 Å². The van der Waals surface area contributed by atoms with E-state index >= 15 is 0 Å². The standard InChI is InChI=1S/C12H16NO2/c1-10-5-3-6-11(9-10)15-8-4-7-12(14)13-2/h3,6,9H,4,7-8H2,1-2H3,(H,13,14). The highest BCUT2D eigenvalue weighted by Gasteiger charge is 1.98. The molecule has 0 saturated carbocycles. The molecule has 0 fully saturated rings. The zero-order valence-electron chi connectivity index (χ0n) is 9.17. The number of nitrogens with one attached hydrogen (secondary N) is 1. The van der Waals surface area contributed by atoms with Crippen LogP contribution < -0.4 is 10.1 Å². The summed E-state index contributed by atoms with van der Waals surface area (Å²) in [6.45, 7) is 2.54. The molecule has 0 heterocycles. The number of rotatable bonds is 5. The first-order valence-electron chi connectivity index (χ1n) is 5.04. The molecular weight excluding hydrogens is 190 g/mol. The first-order chi connectivity index (χ1) is 7.22. The normalized spacial score (nSPS) is 9.73. The minimum atomic E-state index is 0.0520. The SMILES string of the molecule is CNC(=O)CCCOc1cc[c]c(C)c1. The first-order valence-corrected chi connectivity index (χ1v) is 5.04. The molecule has 1 aromatic carbocycles.